The Hall–Kier alpha value is -1.71. The van der Waals surface area contributed by atoms with Crippen molar-refractivity contribution in [2.45, 2.75) is 32.2 Å². The van der Waals surface area contributed by atoms with Crippen molar-refractivity contribution in [1.82, 2.24) is 4.90 Å². The third-order valence-corrected chi connectivity index (χ3v) is 3.55. The predicted molar refractivity (Wildman–Crippen MR) is 73.5 cm³/mol. The molecule has 0 bridgehead atoms. The first-order valence-electron chi connectivity index (χ1n) is 6.77. The summed E-state index contributed by atoms with van der Waals surface area (Å²) in [4.78, 5) is 14.0. The topological polar surface area (TPSA) is 38.8 Å². The summed E-state index contributed by atoms with van der Waals surface area (Å²) in [5.41, 5.74) is 0. The molecule has 19 heavy (non-hydrogen) atoms. The number of rotatable bonds is 4. The Labute approximate surface area is 114 Å². The standard InChI is InChI=1S/C15H21NO3/c1-12-5-3-4-10-16(12)15(17)11-19-14-8-6-13(18-2)7-9-14/h6-9,12H,3-5,10-11H2,1-2H3. The Kier molecular flexibility index (Phi) is 4.66. The highest BCUT2D eigenvalue weighted by atomic mass is 16.5. The van der Waals surface area contributed by atoms with Gasteiger partial charge >= 0.3 is 0 Å². The van der Waals surface area contributed by atoms with E-state index in [1.165, 1.54) is 6.42 Å². The molecule has 0 saturated carbocycles. The molecule has 0 aliphatic carbocycles. The van der Waals surface area contributed by atoms with Gasteiger partial charge in [-0.3, -0.25) is 4.79 Å². The van der Waals surface area contributed by atoms with Crippen molar-refractivity contribution in [3.63, 3.8) is 0 Å². The van der Waals surface area contributed by atoms with Gasteiger partial charge in [0.25, 0.3) is 5.91 Å². The molecular weight excluding hydrogens is 242 g/mol. The fourth-order valence-electron chi connectivity index (χ4n) is 2.37. The van der Waals surface area contributed by atoms with Crippen molar-refractivity contribution in [2.24, 2.45) is 0 Å². The van der Waals surface area contributed by atoms with Gasteiger partial charge in [0.2, 0.25) is 0 Å². The van der Waals surface area contributed by atoms with Gasteiger partial charge < -0.3 is 14.4 Å². The fraction of sp³-hybridized carbons (Fsp3) is 0.533. The molecule has 1 aromatic rings. The molecule has 0 spiro atoms. The molecule has 104 valence electrons. The quantitative estimate of drug-likeness (QED) is 0.837. The highest BCUT2D eigenvalue weighted by Gasteiger charge is 2.23. The first kappa shape index (κ1) is 13.7. The smallest absolute Gasteiger partial charge is 0.260 e. The van der Waals surface area contributed by atoms with Crippen LogP contribution in [0.15, 0.2) is 24.3 Å². The highest BCUT2D eigenvalue weighted by molar-refractivity contribution is 5.78. The van der Waals surface area contributed by atoms with Crippen molar-refractivity contribution < 1.29 is 14.3 Å². The lowest BCUT2D eigenvalue weighted by molar-refractivity contribution is -0.136. The first-order valence-corrected chi connectivity index (χ1v) is 6.77. The number of hydrogen-bond acceptors (Lipinski definition) is 3. The van der Waals surface area contributed by atoms with Crippen LogP contribution in [0.1, 0.15) is 26.2 Å². The lowest BCUT2D eigenvalue weighted by atomic mass is 10.0. The summed E-state index contributed by atoms with van der Waals surface area (Å²) in [6.07, 6.45) is 3.40. The van der Waals surface area contributed by atoms with E-state index in [1.807, 2.05) is 29.2 Å². The van der Waals surface area contributed by atoms with E-state index in [-0.39, 0.29) is 12.5 Å². The number of ether oxygens (including phenoxy) is 2. The van der Waals surface area contributed by atoms with Gasteiger partial charge in [-0.1, -0.05) is 0 Å². The number of amides is 1. The van der Waals surface area contributed by atoms with Gasteiger partial charge in [-0.05, 0) is 50.5 Å². The Morgan fingerprint density at radius 3 is 2.58 bits per heavy atom. The number of carbonyl (C=O) groups excluding carboxylic acids is 1. The number of benzene rings is 1. The first-order chi connectivity index (χ1) is 9.20. The molecule has 1 aromatic carbocycles. The third kappa shape index (κ3) is 3.63. The van der Waals surface area contributed by atoms with Crippen molar-refractivity contribution in [1.29, 1.82) is 0 Å². The number of methoxy groups -OCH3 is 1. The van der Waals surface area contributed by atoms with E-state index in [4.69, 9.17) is 9.47 Å². The molecule has 1 saturated heterocycles. The average Bonchev–Trinajstić information content (AvgIpc) is 2.46. The predicted octanol–water partition coefficient (Wildman–Crippen LogP) is 2.48. The number of likely N-dealkylation sites (tertiary alicyclic amines) is 1. The van der Waals surface area contributed by atoms with Crippen molar-refractivity contribution in [3.8, 4) is 11.5 Å². The summed E-state index contributed by atoms with van der Waals surface area (Å²) in [5, 5.41) is 0. The SMILES string of the molecule is COc1ccc(OCC(=O)N2CCCCC2C)cc1. The van der Waals surface area contributed by atoms with Crippen LogP contribution < -0.4 is 9.47 Å². The lowest BCUT2D eigenvalue weighted by Crippen LogP contribution is -2.44. The molecule has 1 heterocycles. The lowest BCUT2D eigenvalue weighted by Gasteiger charge is -2.33. The minimum atomic E-state index is 0.0722. The van der Waals surface area contributed by atoms with Crippen molar-refractivity contribution >= 4 is 5.91 Å². The Morgan fingerprint density at radius 1 is 1.26 bits per heavy atom. The zero-order valence-electron chi connectivity index (χ0n) is 11.6. The van der Waals surface area contributed by atoms with Gasteiger partial charge in [0.05, 0.1) is 7.11 Å². The van der Waals surface area contributed by atoms with Crippen molar-refractivity contribution in [3.05, 3.63) is 24.3 Å². The maximum atomic E-state index is 12.1. The molecule has 0 radical (unpaired) electrons. The van der Waals surface area contributed by atoms with Crippen LogP contribution in [0.25, 0.3) is 0 Å². The molecule has 4 nitrogen and oxygen atoms in total. The molecule has 1 aliphatic heterocycles. The van der Waals surface area contributed by atoms with Gasteiger partial charge in [-0.15, -0.1) is 0 Å². The molecule has 2 rings (SSSR count). The second-order valence-corrected chi connectivity index (χ2v) is 4.90. The second kappa shape index (κ2) is 6.45. The van der Waals surface area contributed by atoms with E-state index >= 15 is 0 Å². The molecule has 1 unspecified atom stereocenters. The van der Waals surface area contributed by atoms with Gasteiger partial charge in [-0.2, -0.15) is 0 Å². The average molecular weight is 263 g/mol. The maximum absolute atomic E-state index is 12.1. The summed E-state index contributed by atoms with van der Waals surface area (Å²) in [6.45, 7) is 3.06. The van der Waals surface area contributed by atoms with Crippen LogP contribution in [-0.4, -0.2) is 37.1 Å². The Bertz CT molecular complexity index is 416. The van der Waals surface area contributed by atoms with Gasteiger partial charge in [0, 0.05) is 12.6 Å². The van der Waals surface area contributed by atoms with Crippen LogP contribution in [0.3, 0.4) is 0 Å². The number of piperidine rings is 1. The Morgan fingerprint density at radius 2 is 1.95 bits per heavy atom. The third-order valence-electron chi connectivity index (χ3n) is 3.55. The molecule has 0 aromatic heterocycles. The summed E-state index contributed by atoms with van der Waals surface area (Å²) in [5.74, 6) is 1.55. The van der Waals surface area contributed by atoms with Gasteiger partial charge in [0.1, 0.15) is 11.5 Å². The zero-order valence-corrected chi connectivity index (χ0v) is 11.6. The van der Waals surface area contributed by atoms with E-state index < -0.39 is 0 Å². The molecule has 1 amide bonds. The van der Waals surface area contributed by atoms with E-state index in [9.17, 15) is 4.79 Å². The maximum Gasteiger partial charge on any atom is 0.260 e. The van der Waals surface area contributed by atoms with Gasteiger partial charge in [0.15, 0.2) is 6.61 Å². The van der Waals surface area contributed by atoms with E-state index in [0.29, 0.717) is 11.8 Å². The summed E-state index contributed by atoms with van der Waals surface area (Å²) >= 11 is 0. The minimum absolute atomic E-state index is 0.0722. The van der Waals surface area contributed by atoms with Crippen LogP contribution in [0.4, 0.5) is 0 Å². The highest BCUT2D eigenvalue weighted by Crippen LogP contribution is 2.19. The number of hydrogen-bond donors (Lipinski definition) is 0. The van der Waals surface area contributed by atoms with Crippen LogP contribution in [0.5, 0.6) is 11.5 Å². The van der Waals surface area contributed by atoms with Crippen LogP contribution >= 0.6 is 0 Å². The van der Waals surface area contributed by atoms with Crippen LogP contribution in [-0.2, 0) is 4.79 Å². The molecule has 1 aliphatic rings. The van der Waals surface area contributed by atoms with Crippen LogP contribution in [0.2, 0.25) is 0 Å². The zero-order chi connectivity index (χ0) is 13.7. The monoisotopic (exact) mass is 263 g/mol. The van der Waals surface area contributed by atoms with Crippen molar-refractivity contribution in [2.75, 3.05) is 20.3 Å². The second-order valence-electron chi connectivity index (χ2n) is 4.90. The normalized spacial score (nSPS) is 19.1. The minimum Gasteiger partial charge on any atom is -0.497 e. The largest absolute Gasteiger partial charge is 0.497 e. The van der Waals surface area contributed by atoms with E-state index in [1.54, 1.807) is 7.11 Å². The molecular formula is C15H21NO3. The number of nitrogens with zero attached hydrogens (tertiary/aromatic N) is 1. The molecule has 1 atom stereocenters. The Balaban J connectivity index is 1.85. The molecule has 4 heteroatoms. The fourth-order valence-corrected chi connectivity index (χ4v) is 2.37. The summed E-state index contributed by atoms with van der Waals surface area (Å²) < 4.78 is 10.6. The molecule has 1 fully saturated rings. The van der Waals surface area contributed by atoms with E-state index in [2.05, 4.69) is 6.92 Å². The summed E-state index contributed by atoms with van der Waals surface area (Å²) in [6, 6.07) is 7.60. The number of carbonyl (C=O) groups is 1. The van der Waals surface area contributed by atoms with Crippen LogP contribution in [0, 0.1) is 0 Å². The summed E-state index contributed by atoms with van der Waals surface area (Å²) in [7, 11) is 1.62. The van der Waals surface area contributed by atoms with E-state index in [0.717, 1.165) is 25.1 Å². The molecule has 0 N–H and O–H groups in total. The van der Waals surface area contributed by atoms with Gasteiger partial charge in [-0.25, -0.2) is 0 Å².